The van der Waals surface area contributed by atoms with Gasteiger partial charge in [0.1, 0.15) is 5.75 Å². The van der Waals surface area contributed by atoms with Gasteiger partial charge in [0, 0.05) is 5.38 Å². The lowest BCUT2D eigenvalue weighted by molar-refractivity contribution is 0.210. The number of aromatic nitrogens is 1. The van der Waals surface area contributed by atoms with Crippen LogP contribution in [0.2, 0.25) is 0 Å². The molecule has 2 aromatic rings. The number of benzene rings is 1. The van der Waals surface area contributed by atoms with Gasteiger partial charge in [0.2, 0.25) is 5.13 Å². The molecule has 1 aromatic heterocycles. The van der Waals surface area contributed by atoms with Crippen molar-refractivity contribution in [1.82, 2.24) is 4.98 Å². The summed E-state index contributed by atoms with van der Waals surface area (Å²) >= 11 is 1.55. The maximum atomic E-state index is 5.99. The van der Waals surface area contributed by atoms with Crippen LogP contribution in [0, 0.1) is 6.92 Å². The molecule has 0 atom stereocenters. The molecule has 110 valence electrons. The van der Waals surface area contributed by atoms with Gasteiger partial charge in [0.05, 0.1) is 18.0 Å². The zero-order chi connectivity index (χ0) is 14.5. The summed E-state index contributed by atoms with van der Waals surface area (Å²) in [6.07, 6.45) is 7.07. The highest BCUT2D eigenvalue weighted by Gasteiger charge is 2.16. The van der Waals surface area contributed by atoms with Crippen molar-refractivity contribution >= 4 is 22.7 Å². The average Bonchev–Trinajstić information content (AvgIpc) is 3.11. The highest BCUT2D eigenvalue weighted by molar-refractivity contribution is 7.13. The molecular formula is C16H19N3OS. The Bertz CT molecular complexity index is 617. The van der Waals surface area contributed by atoms with Crippen molar-refractivity contribution < 1.29 is 4.74 Å². The van der Waals surface area contributed by atoms with E-state index in [4.69, 9.17) is 4.74 Å². The van der Waals surface area contributed by atoms with Crippen molar-refractivity contribution in [3.63, 3.8) is 0 Å². The summed E-state index contributed by atoms with van der Waals surface area (Å²) in [5.74, 6) is 0.927. The predicted octanol–water partition coefficient (Wildman–Crippen LogP) is 4.22. The van der Waals surface area contributed by atoms with E-state index < -0.39 is 0 Å². The minimum Gasteiger partial charge on any atom is -0.490 e. The lowest BCUT2D eigenvalue weighted by Crippen LogP contribution is -2.10. The maximum absolute atomic E-state index is 5.99. The molecule has 1 fully saturated rings. The summed E-state index contributed by atoms with van der Waals surface area (Å²) in [7, 11) is 0. The van der Waals surface area contributed by atoms with Crippen LogP contribution in [0.15, 0.2) is 34.7 Å². The zero-order valence-corrected chi connectivity index (χ0v) is 12.9. The van der Waals surface area contributed by atoms with Crippen molar-refractivity contribution in [2.45, 2.75) is 38.7 Å². The molecular weight excluding hydrogens is 282 g/mol. The van der Waals surface area contributed by atoms with E-state index in [1.165, 1.54) is 25.7 Å². The molecule has 1 saturated carbocycles. The summed E-state index contributed by atoms with van der Waals surface area (Å²) < 4.78 is 5.99. The van der Waals surface area contributed by atoms with Crippen LogP contribution < -0.4 is 10.2 Å². The number of nitrogens with zero attached hydrogens (tertiary/aromatic N) is 2. The molecule has 21 heavy (non-hydrogen) atoms. The Labute approximate surface area is 128 Å². The number of thiazole rings is 1. The van der Waals surface area contributed by atoms with Crippen LogP contribution in [0.5, 0.6) is 5.75 Å². The van der Waals surface area contributed by atoms with E-state index in [-0.39, 0.29) is 0 Å². The lowest BCUT2D eigenvalue weighted by atomic mass is 10.2. The van der Waals surface area contributed by atoms with Gasteiger partial charge in [0.25, 0.3) is 0 Å². The average molecular weight is 301 g/mol. The molecule has 0 amide bonds. The SMILES string of the molecule is Cc1csc(NN=Cc2cccc(OC3CCCC3)c2)n1. The van der Waals surface area contributed by atoms with Gasteiger partial charge in [-0.25, -0.2) is 4.98 Å². The molecule has 0 bridgehead atoms. The minimum atomic E-state index is 0.383. The van der Waals surface area contributed by atoms with Gasteiger partial charge in [-0.3, -0.25) is 5.43 Å². The molecule has 0 saturated heterocycles. The van der Waals surface area contributed by atoms with Crippen LogP contribution in [-0.4, -0.2) is 17.3 Å². The Hall–Kier alpha value is -1.88. The summed E-state index contributed by atoms with van der Waals surface area (Å²) in [6.45, 7) is 1.97. The van der Waals surface area contributed by atoms with Crippen LogP contribution in [0.25, 0.3) is 0 Å². The zero-order valence-electron chi connectivity index (χ0n) is 12.1. The topological polar surface area (TPSA) is 46.5 Å². The van der Waals surface area contributed by atoms with Crippen molar-refractivity contribution in [2.24, 2.45) is 5.10 Å². The normalized spacial score (nSPS) is 15.7. The summed E-state index contributed by atoms with van der Waals surface area (Å²) in [5, 5.41) is 7.02. The first kappa shape index (κ1) is 14.1. The quantitative estimate of drug-likeness (QED) is 0.664. The number of hydrazone groups is 1. The van der Waals surface area contributed by atoms with Gasteiger partial charge in [-0.15, -0.1) is 11.3 Å². The number of anilines is 1. The molecule has 4 nitrogen and oxygen atoms in total. The Morgan fingerprint density at radius 2 is 2.24 bits per heavy atom. The second kappa shape index (κ2) is 6.72. The van der Waals surface area contributed by atoms with E-state index in [1.54, 1.807) is 17.6 Å². The van der Waals surface area contributed by atoms with Gasteiger partial charge in [-0.1, -0.05) is 12.1 Å². The third-order valence-electron chi connectivity index (χ3n) is 3.46. The Kier molecular flexibility index (Phi) is 4.50. The number of nitrogens with one attached hydrogen (secondary N) is 1. The fourth-order valence-corrected chi connectivity index (χ4v) is 3.07. The van der Waals surface area contributed by atoms with E-state index in [0.29, 0.717) is 6.10 Å². The third kappa shape index (κ3) is 4.04. The van der Waals surface area contributed by atoms with Crippen molar-refractivity contribution in [1.29, 1.82) is 0 Å². The summed E-state index contributed by atoms with van der Waals surface area (Å²) in [4.78, 5) is 4.30. The van der Waals surface area contributed by atoms with Gasteiger partial charge >= 0.3 is 0 Å². The van der Waals surface area contributed by atoms with Crippen LogP contribution >= 0.6 is 11.3 Å². The van der Waals surface area contributed by atoms with E-state index in [0.717, 1.165) is 22.1 Å². The number of ether oxygens (including phenoxy) is 1. The Balaban J connectivity index is 1.59. The molecule has 1 heterocycles. The molecule has 1 aliphatic carbocycles. The molecule has 3 rings (SSSR count). The monoisotopic (exact) mass is 301 g/mol. The van der Waals surface area contributed by atoms with Crippen LogP contribution in [0.4, 0.5) is 5.13 Å². The van der Waals surface area contributed by atoms with Gasteiger partial charge < -0.3 is 4.74 Å². The van der Waals surface area contributed by atoms with E-state index >= 15 is 0 Å². The molecule has 1 aliphatic rings. The number of hydrogen-bond acceptors (Lipinski definition) is 5. The van der Waals surface area contributed by atoms with E-state index in [1.807, 2.05) is 36.6 Å². The fourth-order valence-electron chi connectivity index (χ4n) is 2.43. The summed E-state index contributed by atoms with van der Waals surface area (Å²) in [5.41, 5.74) is 4.97. The summed E-state index contributed by atoms with van der Waals surface area (Å²) in [6, 6.07) is 8.04. The first-order valence-corrected chi connectivity index (χ1v) is 8.15. The highest BCUT2D eigenvalue weighted by Crippen LogP contribution is 2.24. The van der Waals surface area contributed by atoms with Crippen molar-refractivity contribution in [2.75, 3.05) is 5.43 Å². The predicted molar refractivity (Wildman–Crippen MR) is 87.4 cm³/mol. The first-order valence-electron chi connectivity index (χ1n) is 7.27. The molecule has 0 radical (unpaired) electrons. The number of rotatable bonds is 5. The van der Waals surface area contributed by atoms with Gasteiger partial charge in [0.15, 0.2) is 0 Å². The smallest absolute Gasteiger partial charge is 0.203 e. The molecule has 0 spiro atoms. The first-order chi connectivity index (χ1) is 10.3. The molecule has 0 unspecified atom stereocenters. The number of aryl methyl sites for hydroxylation is 1. The second-order valence-electron chi connectivity index (χ2n) is 5.26. The molecule has 1 aromatic carbocycles. The standard InChI is InChI=1S/C16H19N3OS/c1-12-11-21-16(18-12)19-17-10-13-5-4-8-15(9-13)20-14-6-2-3-7-14/h4-5,8-11,14H,2-3,6-7H2,1H3,(H,18,19). The van der Waals surface area contributed by atoms with Crippen LogP contribution in [0.3, 0.4) is 0 Å². The van der Waals surface area contributed by atoms with E-state index in [9.17, 15) is 0 Å². The Morgan fingerprint density at radius 3 is 3.00 bits per heavy atom. The lowest BCUT2D eigenvalue weighted by Gasteiger charge is -2.13. The minimum absolute atomic E-state index is 0.383. The van der Waals surface area contributed by atoms with Gasteiger partial charge in [-0.2, -0.15) is 5.10 Å². The highest BCUT2D eigenvalue weighted by atomic mass is 32.1. The number of hydrogen-bond donors (Lipinski definition) is 1. The Morgan fingerprint density at radius 1 is 1.38 bits per heavy atom. The second-order valence-corrected chi connectivity index (χ2v) is 6.12. The van der Waals surface area contributed by atoms with Crippen LogP contribution in [-0.2, 0) is 0 Å². The largest absolute Gasteiger partial charge is 0.490 e. The molecule has 1 N–H and O–H groups in total. The fraction of sp³-hybridized carbons (Fsp3) is 0.375. The van der Waals surface area contributed by atoms with Crippen molar-refractivity contribution in [3.8, 4) is 5.75 Å². The molecule has 5 heteroatoms. The van der Waals surface area contributed by atoms with Gasteiger partial charge in [-0.05, 0) is 50.3 Å². The van der Waals surface area contributed by atoms with E-state index in [2.05, 4.69) is 15.5 Å². The maximum Gasteiger partial charge on any atom is 0.203 e. The van der Waals surface area contributed by atoms with Crippen LogP contribution in [0.1, 0.15) is 36.9 Å². The third-order valence-corrected chi connectivity index (χ3v) is 4.32. The van der Waals surface area contributed by atoms with Crippen molar-refractivity contribution in [3.05, 3.63) is 40.9 Å². The molecule has 0 aliphatic heterocycles.